The second kappa shape index (κ2) is 5.07. The summed E-state index contributed by atoms with van der Waals surface area (Å²) in [6.07, 6.45) is 1.16. The fraction of sp³-hybridized carbons (Fsp3) is 0.0833. The highest BCUT2D eigenvalue weighted by atomic mass is 16.6. The molecule has 1 saturated heterocycles. The van der Waals surface area contributed by atoms with Crippen molar-refractivity contribution in [3.63, 3.8) is 0 Å². The SMILES string of the molecule is O=C1COC(=O)N1.c1ccc2ncccc2c1. The second-order valence-electron chi connectivity index (χ2n) is 3.32. The summed E-state index contributed by atoms with van der Waals surface area (Å²) in [7, 11) is 0. The molecule has 3 rings (SSSR count). The van der Waals surface area contributed by atoms with Crippen molar-refractivity contribution in [1.82, 2.24) is 10.3 Å². The first kappa shape index (κ1) is 11.1. The van der Waals surface area contributed by atoms with Gasteiger partial charge in [0, 0.05) is 11.6 Å². The number of carbonyl (C=O) groups excluding carboxylic acids is 2. The van der Waals surface area contributed by atoms with Crippen LogP contribution in [0, 0.1) is 0 Å². The number of aromatic nitrogens is 1. The van der Waals surface area contributed by atoms with Gasteiger partial charge in [0.1, 0.15) is 0 Å². The molecule has 2 aromatic rings. The zero-order chi connectivity index (χ0) is 12.1. The lowest BCUT2D eigenvalue weighted by Crippen LogP contribution is -2.18. The number of pyridine rings is 1. The summed E-state index contributed by atoms with van der Waals surface area (Å²) in [5.41, 5.74) is 1.06. The third-order valence-corrected chi connectivity index (χ3v) is 2.09. The molecule has 0 radical (unpaired) electrons. The maximum Gasteiger partial charge on any atom is 0.414 e. The van der Waals surface area contributed by atoms with Gasteiger partial charge in [-0.25, -0.2) is 4.79 Å². The summed E-state index contributed by atoms with van der Waals surface area (Å²) in [5.74, 6) is -0.370. The van der Waals surface area contributed by atoms with E-state index in [1.807, 2.05) is 35.8 Å². The molecule has 0 atom stereocenters. The second-order valence-corrected chi connectivity index (χ2v) is 3.32. The highest BCUT2D eigenvalue weighted by Gasteiger charge is 2.17. The van der Waals surface area contributed by atoms with Gasteiger partial charge in [0.15, 0.2) is 6.61 Å². The van der Waals surface area contributed by atoms with E-state index in [-0.39, 0.29) is 12.5 Å². The molecule has 0 aliphatic carbocycles. The van der Waals surface area contributed by atoms with Crippen LogP contribution in [0.4, 0.5) is 4.79 Å². The first-order chi connectivity index (χ1) is 8.25. The monoisotopic (exact) mass is 230 g/mol. The van der Waals surface area contributed by atoms with Crippen LogP contribution in [0.25, 0.3) is 10.9 Å². The van der Waals surface area contributed by atoms with E-state index in [2.05, 4.69) is 21.9 Å². The smallest absolute Gasteiger partial charge is 0.414 e. The summed E-state index contributed by atoms with van der Waals surface area (Å²) in [4.78, 5) is 24.1. The van der Waals surface area contributed by atoms with Gasteiger partial charge in [0.05, 0.1) is 5.52 Å². The van der Waals surface area contributed by atoms with E-state index >= 15 is 0 Å². The van der Waals surface area contributed by atoms with E-state index in [0.717, 1.165) is 5.52 Å². The normalized spacial score (nSPS) is 13.6. The van der Waals surface area contributed by atoms with Crippen LogP contribution in [0.1, 0.15) is 0 Å². The number of hydrogen-bond donors (Lipinski definition) is 1. The van der Waals surface area contributed by atoms with Gasteiger partial charge in [0.25, 0.3) is 5.91 Å². The summed E-state index contributed by atoms with van der Waals surface area (Å²) >= 11 is 0. The van der Waals surface area contributed by atoms with E-state index in [0.29, 0.717) is 0 Å². The average molecular weight is 230 g/mol. The maximum atomic E-state index is 10.00. The molecule has 1 fully saturated rings. The molecule has 0 saturated carbocycles. The largest absolute Gasteiger partial charge is 0.439 e. The van der Waals surface area contributed by atoms with Crippen LogP contribution in [-0.4, -0.2) is 23.6 Å². The fourth-order valence-corrected chi connectivity index (χ4v) is 1.33. The summed E-state index contributed by atoms with van der Waals surface area (Å²) in [6, 6.07) is 12.1. The van der Waals surface area contributed by atoms with Crippen LogP contribution in [0.3, 0.4) is 0 Å². The molecule has 17 heavy (non-hydrogen) atoms. The number of rotatable bonds is 0. The van der Waals surface area contributed by atoms with Gasteiger partial charge in [0.2, 0.25) is 0 Å². The predicted molar refractivity (Wildman–Crippen MR) is 61.2 cm³/mol. The highest BCUT2D eigenvalue weighted by molar-refractivity contribution is 5.97. The molecule has 2 heterocycles. The van der Waals surface area contributed by atoms with Gasteiger partial charge in [-0.2, -0.15) is 0 Å². The Morgan fingerprint density at radius 2 is 1.88 bits per heavy atom. The molecule has 0 bridgehead atoms. The van der Waals surface area contributed by atoms with E-state index in [1.165, 1.54) is 5.39 Å². The Hall–Kier alpha value is -2.43. The Labute approximate surface area is 97.4 Å². The van der Waals surface area contributed by atoms with Crippen molar-refractivity contribution in [3.8, 4) is 0 Å². The minimum atomic E-state index is -0.648. The number of ether oxygens (including phenoxy) is 1. The van der Waals surface area contributed by atoms with Crippen LogP contribution in [-0.2, 0) is 9.53 Å². The highest BCUT2D eigenvalue weighted by Crippen LogP contribution is 2.07. The predicted octanol–water partition coefficient (Wildman–Crippen LogP) is 1.49. The van der Waals surface area contributed by atoms with Crippen LogP contribution in [0.15, 0.2) is 42.6 Å². The van der Waals surface area contributed by atoms with Crippen molar-refractivity contribution in [1.29, 1.82) is 0 Å². The lowest BCUT2D eigenvalue weighted by Gasteiger charge is -1.91. The van der Waals surface area contributed by atoms with Crippen LogP contribution < -0.4 is 5.32 Å². The molecular weight excluding hydrogens is 220 g/mol. The summed E-state index contributed by atoms with van der Waals surface area (Å²) in [6.45, 7) is -0.126. The van der Waals surface area contributed by atoms with Gasteiger partial charge in [-0.3, -0.25) is 15.1 Å². The number of hydrogen-bond acceptors (Lipinski definition) is 4. The Morgan fingerprint density at radius 1 is 1.12 bits per heavy atom. The Balaban J connectivity index is 0.000000136. The average Bonchev–Trinajstić information content (AvgIpc) is 2.74. The van der Waals surface area contributed by atoms with E-state index in [1.54, 1.807) is 0 Å². The van der Waals surface area contributed by atoms with E-state index in [9.17, 15) is 9.59 Å². The minimum absolute atomic E-state index is 0.126. The molecule has 1 aliphatic heterocycles. The number of amides is 2. The third kappa shape index (κ3) is 3.01. The van der Waals surface area contributed by atoms with Crippen molar-refractivity contribution >= 4 is 22.9 Å². The first-order valence-corrected chi connectivity index (χ1v) is 5.02. The van der Waals surface area contributed by atoms with Crippen molar-refractivity contribution in [2.24, 2.45) is 0 Å². The maximum absolute atomic E-state index is 10.00. The number of nitrogens with one attached hydrogen (secondary N) is 1. The number of nitrogens with zero attached hydrogens (tertiary/aromatic N) is 1. The fourth-order valence-electron chi connectivity index (χ4n) is 1.33. The van der Waals surface area contributed by atoms with Crippen molar-refractivity contribution < 1.29 is 14.3 Å². The first-order valence-electron chi connectivity index (χ1n) is 5.02. The number of cyclic esters (lactones) is 1. The molecule has 1 N–H and O–H groups in total. The van der Waals surface area contributed by atoms with Crippen LogP contribution in [0.2, 0.25) is 0 Å². The molecule has 1 aromatic carbocycles. The molecule has 0 spiro atoms. The molecule has 5 heteroatoms. The van der Waals surface area contributed by atoms with Crippen LogP contribution >= 0.6 is 0 Å². The number of benzene rings is 1. The van der Waals surface area contributed by atoms with Crippen molar-refractivity contribution in [3.05, 3.63) is 42.6 Å². The van der Waals surface area contributed by atoms with E-state index in [4.69, 9.17) is 0 Å². The summed E-state index contributed by atoms with van der Waals surface area (Å²) in [5, 5.41) is 3.12. The standard InChI is InChI=1S/C9H7N.C3H3NO3/c1-2-6-9-8(4-1)5-3-7-10-9;5-2-1-7-3(6)4-2/h1-7H;1H2,(H,4,5,6). The third-order valence-electron chi connectivity index (χ3n) is 2.09. The zero-order valence-electron chi connectivity index (χ0n) is 8.92. The van der Waals surface area contributed by atoms with Gasteiger partial charge in [-0.1, -0.05) is 24.3 Å². The zero-order valence-corrected chi connectivity index (χ0v) is 8.92. The molecule has 86 valence electrons. The molecule has 5 nitrogen and oxygen atoms in total. The van der Waals surface area contributed by atoms with E-state index < -0.39 is 6.09 Å². The van der Waals surface area contributed by atoms with Crippen molar-refractivity contribution in [2.45, 2.75) is 0 Å². The lowest BCUT2D eigenvalue weighted by atomic mass is 10.2. The molecule has 1 aliphatic rings. The van der Waals surface area contributed by atoms with Gasteiger partial charge in [-0.15, -0.1) is 0 Å². The molecule has 1 aromatic heterocycles. The lowest BCUT2D eigenvalue weighted by molar-refractivity contribution is -0.119. The molecule has 0 unspecified atom stereocenters. The number of fused-ring (bicyclic) bond motifs is 1. The topological polar surface area (TPSA) is 68.3 Å². The number of imide groups is 1. The Morgan fingerprint density at radius 3 is 2.47 bits per heavy atom. The van der Waals surface area contributed by atoms with Gasteiger partial charge >= 0.3 is 6.09 Å². The Bertz CT molecular complexity index is 475. The Kier molecular flexibility index (Phi) is 3.30. The number of para-hydroxylation sites is 1. The van der Waals surface area contributed by atoms with Gasteiger partial charge in [-0.05, 0) is 12.1 Å². The van der Waals surface area contributed by atoms with Crippen LogP contribution in [0.5, 0.6) is 0 Å². The number of alkyl carbamates (subject to hydrolysis) is 1. The molecular formula is C12H10N2O3. The molecule has 2 amide bonds. The number of carbonyl (C=O) groups is 2. The van der Waals surface area contributed by atoms with Gasteiger partial charge < -0.3 is 4.74 Å². The quantitative estimate of drug-likeness (QED) is 0.744. The van der Waals surface area contributed by atoms with Crippen molar-refractivity contribution in [2.75, 3.05) is 6.61 Å². The minimum Gasteiger partial charge on any atom is -0.439 e. The summed E-state index contributed by atoms with van der Waals surface area (Å²) < 4.78 is 4.17.